The lowest BCUT2D eigenvalue weighted by atomic mass is 10.00. The Kier molecular flexibility index (Phi) is 4.58. The molecule has 1 aliphatic rings. The Bertz CT molecular complexity index is 576. The second-order valence-electron chi connectivity index (χ2n) is 5.43. The first-order chi connectivity index (χ1) is 10.3. The molecule has 0 aliphatic carbocycles. The summed E-state index contributed by atoms with van der Waals surface area (Å²) in [6.45, 7) is 6.43. The molecule has 1 atom stereocenters. The number of piperazine rings is 1. The van der Waals surface area contributed by atoms with Crippen LogP contribution in [0, 0.1) is 6.92 Å². The molecule has 1 fully saturated rings. The van der Waals surface area contributed by atoms with Crippen LogP contribution in [-0.2, 0) is 0 Å². The lowest BCUT2D eigenvalue weighted by molar-refractivity contribution is 0.200. The van der Waals surface area contributed by atoms with E-state index in [0.29, 0.717) is 6.04 Å². The number of benzene rings is 1. The first-order valence-corrected chi connectivity index (χ1v) is 8.30. The van der Waals surface area contributed by atoms with Crippen LogP contribution in [0.15, 0.2) is 35.7 Å². The molecule has 0 saturated carbocycles. The highest BCUT2D eigenvalue weighted by Crippen LogP contribution is 2.34. The third-order valence-electron chi connectivity index (χ3n) is 4.06. The van der Waals surface area contributed by atoms with Crippen LogP contribution < -0.4 is 10.1 Å². The third-order valence-corrected chi connectivity index (χ3v) is 4.99. The van der Waals surface area contributed by atoms with Gasteiger partial charge in [-0.05, 0) is 35.6 Å². The van der Waals surface area contributed by atoms with Crippen LogP contribution >= 0.6 is 11.3 Å². The van der Waals surface area contributed by atoms with Crippen LogP contribution in [0.4, 0.5) is 0 Å². The normalized spacial score (nSPS) is 17.6. The zero-order chi connectivity index (χ0) is 14.7. The first-order valence-electron chi connectivity index (χ1n) is 7.42. The molecule has 3 nitrogen and oxygen atoms in total. The zero-order valence-electron chi connectivity index (χ0n) is 12.6. The summed E-state index contributed by atoms with van der Waals surface area (Å²) in [4.78, 5) is 3.99. The average Bonchev–Trinajstić information content (AvgIpc) is 3.03. The summed E-state index contributed by atoms with van der Waals surface area (Å²) in [5.74, 6) is 0.962. The summed E-state index contributed by atoms with van der Waals surface area (Å²) in [7, 11) is 1.73. The summed E-state index contributed by atoms with van der Waals surface area (Å²) in [6, 6.07) is 11.3. The van der Waals surface area contributed by atoms with Crippen molar-refractivity contribution in [3.05, 3.63) is 51.7 Å². The van der Waals surface area contributed by atoms with Crippen molar-refractivity contribution >= 4 is 11.3 Å². The number of hydrogen-bond donors (Lipinski definition) is 1. The molecule has 0 unspecified atom stereocenters. The second-order valence-corrected chi connectivity index (χ2v) is 6.41. The van der Waals surface area contributed by atoms with Crippen molar-refractivity contribution in [2.45, 2.75) is 13.0 Å². The van der Waals surface area contributed by atoms with E-state index in [1.165, 1.54) is 16.0 Å². The molecular formula is C17H22N2OS. The number of nitrogens with one attached hydrogen (secondary N) is 1. The fourth-order valence-corrected chi connectivity index (χ4v) is 3.90. The monoisotopic (exact) mass is 302 g/mol. The Morgan fingerprint density at radius 2 is 2.05 bits per heavy atom. The smallest absolute Gasteiger partial charge is 0.121 e. The molecule has 1 aromatic carbocycles. The zero-order valence-corrected chi connectivity index (χ0v) is 13.5. The van der Waals surface area contributed by atoms with Crippen LogP contribution in [0.5, 0.6) is 5.75 Å². The Labute approximate surface area is 130 Å². The van der Waals surface area contributed by atoms with E-state index in [1.807, 2.05) is 11.3 Å². The minimum absolute atomic E-state index is 0.358. The van der Waals surface area contributed by atoms with Gasteiger partial charge in [-0.2, -0.15) is 0 Å². The lowest BCUT2D eigenvalue weighted by Gasteiger charge is -2.35. The summed E-state index contributed by atoms with van der Waals surface area (Å²) in [5.41, 5.74) is 2.56. The van der Waals surface area contributed by atoms with E-state index in [4.69, 9.17) is 4.74 Å². The van der Waals surface area contributed by atoms with Crippen molar-refractivity contribution in [2.75, 3.05) is 33.3 Å². The molecule has 21 heavy (non-hydrogen) atoms. The molecule has 1 saturated heterocycles. The van der Waals surface area contributed by atoms with Crippen LogP contribution in [0.1, 0.15) is 22.0 Å². The van der Waals surface area contributed by atoms with E-state index in [9.17, 15) is 0 Å². The van der Waals surface area contributed by atoms with E-state index in [1.54, 1.807) is 7.11 Å². The van der Waals surface area contributed by atoms with Gasteiger partial charge in [0.15, 0.2) is 0 Å². The number of thiophene rings is 1. The van der Waals surface area contributed by atoms with E-state index >= 15 is 0 Å². The minimum atomic E-state index is 0.358. The molecule has 1 N–H and O–H groups in total. The maximum Gasteiger partial charge on any atom is 0.121 e. The highest BCUT2D eigenvalue weighted by molar-refractivity contribution is 7.10. The lowest BCUT2D eigenvalue weighted by Crippen LogP contribution is -2.45. The van der Waals surface area contributed by atoms with Gasteiger partial charge in [-0.15, -0.1) is 11.3 Å². The highest BCUT2D eigenvalue weighted by Gasteiger charge is 2.25. The number of aryl methyl sites for hydroxylation is 1. The summed E-state index contributed by atoms with van der Waals surface area (Å²) >= 11 is 1.84. The standard InChI is InChI=1S/C17H22N2OS/c1-13-12-14(5-6-15(13)20-2)17(16-4-3-11-21-16)19-9-7-18-8-10-19/h3-6,11-12,17-18H,7-10H2,1-2H3/t17-/m1/s1. The van der Waals surface area contributed by atoms with Gasteiger partial charge in [0.1, 0.15) is 5.75 Å². The van der Waals surface area contributed by atoms with Crippen molar-refractivity contribution in [3.8, 4) is 5.75 Å². The maximum absolute atomic E-state index is 5.39. The fourth-order valence-electron chi connectivity index (χ4n) is 3.01. The Morgan fingerprint density at radius 1 is 1.24 bits per heavy atom. The Hall–Kier alpha value is -1.36. The molecular weight excluding hydrogens is 280 g/mol. The van der Waals surface area contributed by atoms with E-state index in [-0.39, 0.29) is 0 Å². The molecule has 0 spiro atoms. The van der Waals surface area contributed by atoms with Crippen LogP contribution in [-0.4, -0.2) is 38.2 Å². The summed E-state index contributed by atoms with van der Waals surface area (Å²) in [6.07, 6.45) is 0. The van der Waals surface area contributed by atoms with Gasteiger partial charge in [-0.1, -0.05) is 18.2 Å². The summed E-state index contributed by atoms with van der Waals surface area (Å²) < 4.78 is 5.39. The molecule has 4 heteroatoms. The van der Waals surface area contributed by atoms with Crippen molar-refractivity contribution in [3.63, 3.8) is 0 Å². The number of nitrogens with zero attached hydrogens (tertiary/aromatic N) is 1. The van der Waals surface area contributed by atoms with Gasteiger partial charge in [-0.25, -0.2) is 0 Å². The van der Waals surface area contributed by atoms with Crippen LogP contribution in [0.3, 0.4) is 0 Å². The van der Waals surface area contributed by atoms with Gasteiger partial charge in [-0.3, -0.25) is 4.90 Å². The molecule has 112 valence electrons. The van der Waals surface area contributed by atoms with Crippen molar-refractivity contribution < 1.29 is 4.74 Å². The quantitative estimate of drug-likeness (QED) is 0.939. The van der Waals surface area contributed by atoms with Gasteiger partial charge in [0.05, 0.1) is 13.2 Å². The van der Waals surface area contributed by atoms with Crippen molar-refractivity contribution in [1.82, 2.24) is 10.2 Å². The largest absolute Gasteiger partial charge is 0.496 e. The molecule has 0 radical (unpaired) electrons. The first kappa shape index (κ1) is 14.6. The molecule has 1 aliphatic heterocycles. The highest BCUT2D eigenvalue weighted by atomic mass is 32.1. The summed E-state index contributed by atoms with van der Waals surface area (Å²) in [5, 5.41) is 5.61. The van der Waals surface area contributed by atoms with Crippen LogP contribution in [0.25, 0.3) is 0 Å². The molecule has 0 amide bonds. The molecule has 1 aromatic heterocycles. The van der Waals surface area contributed by atoms with E-state index < -0.39 is 0 Å². The number of ether oxygens (including phenoxy) is 1. The maximum atomic E-state index is 5.39. The van der Waals surface area contributed by atoms with Gasteiger partial charge in [0.25, 0.3) is 0 Å². The van der Waals surface area contributed by atoms with E-state index in [2.05, 4.69) is 52.9 Å². The average molecular weight is 302 g/mol. The molecule has 0 bridgehead atoms. The fraction of sp³-hybridized carbons (Fsp3) is 0.412. The molecule has 2 aromatic rings. The Morgan fingerprint density at radius 3 is 2.67 bits per heavy atom. The molecule has 2 heterocycles. The Balaban J connectivity index is 1.96. The van der Waals surface area contributed by atoms with Crippen molar-refractivity contribution in [1.29, 1.82) is 0 Å². The SMILES string of the molecule is COc1ccc([C@H](c2cccs2)N2CCNCC2)cc1C. The van der Waals surface area contributed by atoms with Gasteiger partial charge in [0, 0.05) is 31.1 Å². The number of methoxy groups -OCH3 is 1. The minimum Gasteiger partial charge on any atom is -0.496 e. The predicted octanol–water partition coefficient (Wildman–Crippen LogP) is 3.06. The van der Waals surface area contributed by atoms with Gasteiger partial charge in [0.2, 0.25) is 0 Å². The topological polar surface area (TPSA) is 24.5 Å². The number of hydrogen-bond acceptors (Lipinski definition) is 4. The number of rotatable bonds is 4. The third kappa shape index (κ3) is 3.12. The van der Waals surface area contributed by atoms with Gasteiger partial charge < -0.3 is 10.1 Å². The van der Waals surface area contributed by atoms with Crippen LogP contribution in [0.2, 0.25) is 0 Å². The molecule has 3 rings (SSSR count). The second kappa shape index (κ2) is 6.60. The van der Waals surface area contributed by atoms with Gasteiger partial charge >= 0.3 is 0 Å². The van der Waals surface area contributed by atoms with E-state index in [0.717, 1.165) is 31.9 Å². The predicted molar refractivity (Wildman–Crippen MR) is 88.3 cm³/mol. The van der Waals surface area contributed by atoms with Crippen molar-refractivity contribution in [2.24, 2.45) is 0 Å².